The molecule has 0 N–H and O–H groups in total. The molecule has 4 heteroatoms. The van der Waals surface area contributed by atoms with Crippen LogP contribution in [-0.2, 0) is 9.47 Å². The molecule has 1 aliphatic heterocycles. The van der Waals surface area contributed by atoms with Crippen molar-refractivity contribution >= 4 is 0 Å². The first-order chi connectivity index (χ1) is 14.1. The van der Waals surface area contributed by atoms with E-state index in [0.29, 0.717) is 5.92 Å². The van der Waals surface area contributed by atoms with Crippen LogP contribution in [0.5, 0.6) is 0 Å². The number of hydrogen-bond acceptors (Lipinski definition) is 2. The monoisotopic (exact) mass is 412 g/mol. The van der Waals surface area contributed by atoms with Crippen LogP contribution in [0.3, 0.4) is 0 Å². The molecule has 3 aliphatic rings. The van der Waals surface area contributed by atoms with E-state index >= 15 is 0 Å². The fourth-order valence-electron chi connectivity index (χ4n) is 5.98. The Morgan fingerprint density at radius 3 is 1.93 bits per heavy atom. The third-order valence-corrected chi connectivity index (χ3v) is 7.77. The van der Waals surface area contributed by atoms with E-state index < -0.39 is 6.08 Å². The molecule has 0 aromatic heterocycles. The van der Waals surface area contributed by atoms with E-state index in [-0.39, 0.29) is 12.2 Å². The first kappa shape index (κ1) is 23.2. The van der Waals surface area contributed by atoms with Crippen LogP contribution in [0.15, 0.2) is 12.2 Å². The molecule has 0 unspecified atom stereocenters. The van der Waals surface area contributed by atoms with Gasteiger partial charge in [-0.25, -0.2) is 0 Å². The highest BCUT2D eigenvalue weighted by molar-refractivity contribution is 4.92. The van der Waals surface area contributed by atoms with Crippen LogP contribution < -0.4 is 0 Å². The Balaban J connectivity index is 1.22. The third-order valence-electron chi connectivity index (χ3n) is 7.77. The average molecular weight is 413 g/mol. The molecule has 1 saturated heterocycles. The van der Waals surface area contributed by atoms with Gasteiger partial charge in [-0.2, -0.15) is 8.78 Å². The molecule has 3 fully saturated rings. The molecule has 0 radical (unpaired) electrons. The highest BCUT2D eigenvalue weighted by Gasteiger charge is 2.30. The van der Waals surface area contributed by atoms with Crippen molar-refractivity contribution in [2.75, 3.05) is 13.2 Å². The molecule has 29 heavy (non-hydrogen) atoms. The summed E-state index contributed by atoms with van der Waals surface area (Å²) < 4.78 is 36.6. The lowest BCUT2D eigenvalue weighted by Crippen LogP contribution is -2.31. The molecule has 0 amide bonds. The summed E-state index contributed by atoms with van der Waals surface area (Å²) in [7, 11) is 0. The molecule has 0 aromatic rings. The Kier molecular flexibility index (Phi) is 9.91. The Hall–Kier alpha value is -0.480. The molecule has 2 saturated carbocycles. The van der Waals surface area contributed by atoms with Crippen molar-refractivity contribution in [3.63, 3.8) is 0 Å². The first-order valence-corrected chi connectivity index (χ1v) is 12.4. The van der Waals surface area contributed by atoms with Gasteiger partial charge in [-0.15, -0.1) is 0 Å². The van der Waals surface area contributed by atoms with Gasteiger partial charge in [0.15, 0.2) is 6.29 Å². The fourth-order valence-corrected chi connectivity index (χ4v) is 5.98. The van der Waals surface area contributed by atoms with Gasteiger partial charge in [0, 0.05) is 5.92 Å². The zero-order valence-electron chi connectivity index (χ0n) is 18.4. The highest BCUT2D eigenvalue weighted by Crippen LogP contribution is 2.42. The SMILES string of the molecule is CCCC1COC(CCCCC2CCC(C3CCC(C=C(F)F)CC3)CC2)OC1. The Morgan fingerprint density at radius 2 is 1.34 bits per heavy atom. The van der Waals surface area contributed by atoms with Crippen molar-refractivity contribution in [1.82, 2.24) is 0 Å². The molecule has 0 atom stereocenters. The maximum absolute atomic E-state index is 12.4. The maximum atomic E-state index is 12.4. The molecule has 3 rings (SSSR count). The van der Waals surface area contributed by atoms with Crippen molar-refractivity contribution in [1.29, 1.82) is 0 Å². The molecule has 0 spiro atoms. The minimum atomic E-state index is -1.49. The molecule has 0 bridgehead atoms. The summed E-state index contributed by atoms with van der Waals surface area (Å²) in [6.45, 7) is 3.98. The minimum Gasteiger partial charge on any atom is -0.352 e. The Bertz CT molecular complexity index is 467. The molecule has 2 aliphatic carbocycles. The highest BCUT2D eigenvalue weighted by atomic mass is 19.3. The van der Waals surface area contributed by atoms with Crippen LogP contribution in [-0.4, -0.2) is 19.5 Å². The van der Waals surface area contributed by atoms with Crippen LogP contribution in [0.1, 0.15) is 96.8 Å². The Labute approximate surface area is 176 Å². The number of hydrogen-bond donors (Lipinski definition) is 0. The number of halogens is 2. The summed E-state index contributed by atoms with van der Waals surface area (Å²) in [6, 6.07) is 0. The van der Waals surface area contributed by atoms with E-state index in [1.165, 1.54) is 63.9 Å². The number of rotatable bonds is 9. The quantitative estimate of drug-likeness (QED) is 0.361. The topological polar surface area (TPSA) is 18.5 Å². The van der Waals surface area contributed by atoms with Crippen LogP contribution in [0.2, 0.25) is 0 Å². The van der Waals surface area contributed by atoms with Gasteiger partial charge < -0.3 is 9.47 Å². The summed E-state index contributed by atoms with van der Waals surface area (Å²) in [4.78, 5) is 0. The zero-order chi connectivity index (χ0) is 20.5. The van der Waals surface area contributed by atoms with Crippen molar-refractivity contribution in [3.05, 3.63) is 12.2 Å². The Morgan fingerprint density at radius 1 is 0.759 bits per heavy atom. The second-order valence-electron chi connectivity index (χ2n) is 9.95. The second-order valence-corrected chi connectivity index (χ2v) is 9.95. The van der Waals surface area contributed by atoms with Crippen molar-refractivity contribution in [2.24, 2.45) is 29.6 Å². The largest absolute Gasteiger partial charge is 0.352 e. The summed E-state index contributed by atoms with van der Waals surface area (Å²) in [5.74, 6) is 3.27. The van der Waals surface area contributed by atoms with Gasteiger partial charge in [0.05, 0.1) is 13.2 Å². The van der Waals surface area contributed by atoms with E-state index in [9.17, 15) is 8.78 Å². The minimum absolute atomic E-state index is 0.0367. The lowest BCUT2D eigenvalue weighted by atomic mass is 9.68. The first-order valence-electron chi connectivity index (χ1n) is 12.4. The number of unbranched alkanes of at least 4 members (excludes halogenated alkanes) is 1. The van der Waals surface area contributed by atoms with Crippen molar-refractivity contribution < 1.29 is 18.3 Å². The van der Waals surface area contributed by atoms with Gasteiger partial charge in [0.2, 0.25) is 0 Å². The van der Waals surface area contributed by atoms with Gasteiger partial charge in [-0.1, -0.05) is 39.0 Å². The number of allylic oxidation sites excluding steroid dienone is 1. The second kappa shape index (κ2) is 12.4. The van der Waals surface area contributed by atoms with Crippen LogP contribution in [0, 0.1) is 29.6 Å². The van der Waals surface area contributed by atoms with Crippen molar-refractivity contribution in [3.8, 4) is 0 Å². The van der Waals surface area contributed by atoms with E-state index in [2.05, 4.69) is 6.92 Å². The number of ether oxygens (including phenoxy) is 2. The lowest BCUT2D eigenvalue weighted by molar-refractivity contribution is -0.204. The van der Waals surface area contributed by atoms with Gasteiger partial charge in [0.1, 0.15) is 0 Å². The van der Waals surface area contributed by atoms with Gasteiger partial charge in [-0.05, 0) is 87.5 Å². The van der Waals surface area contributed by atoms with Crippen LogP contribution >= 0.6 is 0 Å². The van der Waals surface area contributed by atoms with E-state index in [1.54, 1.807) is 0 Å². The summed E-state index contributed by atoms with van der Waals surface area (Å²) in [5.41, 5.74) is 0. The standard InChI is InChI=1S/C25H42F2O2/c1-2-5-21-17-28-25(29-18-21)7-4-3-6-19-8-12-22(13-9-19)23-14-10-20(11-15-23)16-24(26)27/h16,19-23,25H,2-15,17-18H2,1H3. The van der Waals surface area contributed by atoms with Gasteiger partial charge in [0.25, 0.3) is 6.08 Å². The summed E-state index contributed by atoms with van der Waals surface area (Å²) in [5, 5.41) is 0. The van der Waals surface area contributed by atoms with Crippen LogP contribution in [0.4, 0.5) is 8.78 Å². The van der Waals surface area contributed by atoms with E-state index in [4.69, 9.17) is 9.47 Å². The summed E-state index contributed by atoms with van der Waals surface area (Å²) in [6.07, 6.45) is 16.8. The molecule has 168 valence electrons. The fraction of sp³-hybridized carbons (Fsp3) is 0.920. The van der Waals surface area contributed by atoms with E-state index in [0.717, 1.165) is 63.1 Å². The zero-order valence-corrected chi connectivity index (χ0v) is 18.4. The molecular formula is C25H42F2O2. The molecule has 2 nitrogen and oxygen atoms in total. The summed E-state index contributed by atoms with van der Waals surface area (Å²) >= 11 is 0. The van der Waals surface area contributed by atoms with Crippen molar-refractivity contribution in [2.45, 2.75) is 103 Å². The normalized spacial score (nSPS) is 36.0. The molecular weight excluding hydrogens is 370 g/mol. The maximum Gasteiger partial charge on any atom is 0.266 e. The molecule has 1 heterocycles. The predicted octanol–water partition coefficient (Wildman–Crippen LogP) is 7.73. The van der Waals surface area contributed by atoms with Gasteiger partial charge >= 0.3 is 0 Å². The predicted molar refractivity (Wildman–Crippen MR) is 114 cm³/mol. The molecule has 0 aromatic carbocycles. The smallest absolute Gasteiger partial charge is 0.266 e. The van der Waals surface area contributed by atoms with Crippen LogP contribution in [0.25, 0.3) is 0 Å². The lowest BCUT2D eigenvalue weighted by Gasteiger charge is -2.37. The van der Waals surface area contributed by atoms with Gasteiger partial charge in [-0.3, -0.25) is 0 Å². The third kappa shape index (κ3) is 7.94. The average Bonchev–Trinajstić information content (AvgIpc) is 2.73. The van der Waals surface area contributed by atoms with E-state index in [1.807, 2.05) is 0 Å².